The zero-order valence-electron chi connectivity index (χ0n) is 10.3. The number of hydrogen-bond acceptors (Lipinski definition) is 4. The lowest BCUT2D eigenvalue weighted by atomic mass is 10.1. The molecule has 0 aliphatic carbocycles. The van der Waals surface area contributed by atoms with Gasteiger partial charge in [0.05, 0.1) is 12.1 Å². The molecule has 0 unspecified atom stereocenters. The number of amides is 1. The number of ether oxygens (including phenoxy) is 1. The van der Waals surface area contributed by atoms with Crippen molar-refractivity contribution in [2.45, 2.75) is 6.42 Å². The molecule has 0 saturated heterocycles. The topological polar surface area (TPSA) is 75.8 Å². The van der Waals surface area contributed by atoms with Crippen LogP contribution in [0.4, 0.5) is 0 Å². The molecule has 0 heterocycles. The molecule has 6 heteroatoms. The molecule has 0 spiro atoms. The number of thiocarbonyl (C=S) groups is 1. The lowest BCUT2D eigenvalue weighted by molar-refractivity contribution is 0.0798. The predicted octanol–water partition coefficient (Wildman–Crippen LogP) is 1.15. The van der Waals surface area contributed by atoms with Crippen LogP contribution in [-0.2, 0) is 0 Å². The minimum atomic E-state index is -0.204. The second-order valence-corrected chi connectivity index (χ2v) is 4.35. The van der Waals surface area contributed by atoms with Crippen molar-refractivity contribution in [2.75, 3.05) is 20.7 Å². The van der Waals surface area contributed by atoms with E-state index >= 15 is 0 Å². The third-order valence-electron chi connectivity index (χ3n) is 2.47. The van der Waals surface area contributed by atoms with Gasteiger partial charge in [-0.2, -0.15) is 0 Å². The Kier molecular flexibility index (Phi) is 4.91. The van der Waals surface area contributed by atoms with Crippen LogP contribution in [-0.4, -0.2) is 41.6 Å². The summed E-state index contributed by atoms with van der Waals surface area (Å²) in [5.41, 5.74) is 5.77. The van der Waals surface area contributed by atoms with E-state index in [0.717, 1.165) is 0 Å². The molecule has 1 rings (SSSR count). The van der Waals surface area contributed by atoms with Gasteiger partial charge in [0, 0.05) is 25.6 Å². The van der Waals surface area contributed by atoms with Crippen LogP contribution in [0.15, 0.2) is 18.2 Å². The van der Waals surface area contributed by atoms with Crippen LogP contribution in [0, 0.1) is 0 Å². The maximum absolute atomic E-state index is 12.0. The van der Waals surface area contributed by atoms with Gasteiger partial charge in [-0.25, -0.2) is 0 Å². The van der Waals surface area contributed by atoms with Gasteiger partial charge in [-0.3, -0.25) is 4.79 Å². The molecule has 5 nitrogen and oxygen atoms in total. The highest BCUT2D eigenvalue weighted by molar-refractivity contribution is 7.80. The number of carbonyl (C=O) groups excluding carboxylic acids is 1. The summed E-state index contributed by atoms with van der Waals surface area (Å²) < 4.78 is 4.91. The Labute approximate surface area is 111 Å². The van der Waals surface area contributed by atoms with Crippen LogP contribution in [0.2, 0.25) is 0 Å². The van der Waals surface area contributed by atoms with Crippen molar-refractivity contribution in [2.24, 2.45) is 5.73 Å². The molecule has 0 saturated carbocycles. The lowest BCUT2D eigenvalue weighted by Gasteiger charge is -2.17. The van der Waals surface area contributed by atoms with E-state index in [4.69, 9.17) is 22.7 Å². The highest BCUT2D eigenvalue weighted by Crippen LogP contribution is 2.26. The van der Waals surface area contributed by atoms with E-state index in [1.807, 2.05) is 0 Å². The van der Waals surface area contributed by atoms with Crippen LogP contribution < -0.4 is 10.5 Å². The number of nitrogens with zero attached hydrogens (tertiary/aromatic N) is 1. The van der Waals surface area contributed by atoms with Gasteiger partial charge in [0.25, 0.3) is 5.91 Å². The third-order valence-corrected chi connectivity index (χ3v) is 2.67. The molecule has 1 aromatic rings. The predicted molar refractivity (Wildman–Crippen MR) is 73.0 cm³/mol. The highest BCUT2D eigenvalue weighted by atomic mass is 32.1. The minimum absolute atomic E-state index is 0.0638. The lowest BCUT2D eigenvalue weighted by Crippen LogP contribution is -2.30. The number of hydrogen-bond donors (Lipinski definition) is 2. The molecule has 0 aromatic heterocycles. The fraction of sp³-hybridized carbons (Fsp3) is 0.333. The van der Waals surface area contributed by atoms with Crippen molar-refractivity contribution < 1.29 is 14.6 Å². The van der Waals surface area contributed by atoms with E-state index in [2.05, 4.69) is 0 Å². The Morgan fingerprint density at radius 3 is 2.72 bits per heavy atom. The Bertz CT molecular complexity index is 463. The fourth-order valence-corrected chi connectivity index (χ4v) is 1.51. The molecule has 98 valence electrons. The number of benzene rings is 1. The van der Waals surface area contributed by atoms with Crippen molar-refractivity contribution in [1.29, 1.82) is 0 Å². The maximum Gasteiger partial charge on any atom is 0.253 e. The Morgan fingerprint density at radius 2 is 2.22 bits per heavy atom. The summed E-state index contributed by atoms with van der Waals surface area (Å²) in [6.45, 7) is 0.445. The van der Waals surface area contributed by atoms with Crippen molar-refractivity contribution >= 4 is 23.1 Å². The number of methoxy groups -OCH3 is 1. The third kappa shape index (κ3) is 3.59. The first-order valence-corrected chi connectivity index (χ1v) is 5.77. The summed E-state index contributed by atoms with van der Waals surface area (Å²) in [7, 11) is 3.10. The van der Waals surface area contributed by atoms with Crippen molar-refractivity contribution in [1.82, 2.24) is 4.90 Å². The number of nitrogens with two attached hydrogens (primary N) is 1. The van der Waals surface area contributed by atoms with Crippen LogP contribution >= 0.6 is 12.2 Å². The van der Waals surface area contributed by atoms with Crippen LogP contribution in [0.1, 0.15) is 16.8 Å². The first kappa shape index (κ1) is 14.2. The quantitative estimate of drug-likeness (QED) is 0.783. The summed E-state index contributed by atoms with van der Waals surface area (Å²) in [5, 5.41) is 9.60. The van der Waals surface area contributed by atoms with E-state index in [0.29, 0.717) is 29.3 Å². The smallest absolute Gasteiger partial charge is 0.253 e. The molecule has 3 N–H and O–H groups in total. The summed E-state index contributed by atoms with van der Waals surface area (Å²) >= 11 is 4.75. The Hall–Kier alpha value is -1.82. The van der Waals surface area contributed by atoms with Crippen molar-refractivity contribution in [3.8, 4) is 11.5 Å². The molecule has 0 radical (unpaired) electrons. The van der Waals surface area contributed by atoms with E-state index in [1.165, 1.54) is 18.1 Å². The summed E-state index contributed by atoms with van der Waals surface area (Å²) in [6.07, 6.45) is 0.472. The zero-order valence-corrected chi connectivity index (χ0v) is 11.2. The van der Waals surface area contributed by atoms with Gasteiger partial charge in [0.15, 0.2) is 11.5 Å². The molecule has 1 amide bonds. The van der Waals surface area contributed by atoms with Crippen LogP contribution in [0.3, 0.4) is 0 Å². The summed E-state index contributed by atoms with van der Waals surface area (Å²) in [5.74, 6) is 0.0626. The second-order valence-electron chi connectivity index (χ2n) is 3.83. The maximum atomic E-state index is 12.0. The van der Waals surface area contributed by atoms with E-state index in [-0.39, 0.29) is 11.7 Å². The highest BCUT2D eigenvalue weighted by Gasteiger charge is 2.13. The molecule has 0 fully saturated rings. The molecule has 0 aliphatic rings. The number of rotatable bonds is 5. The summed E-state index contributed by atoms with van der Waals surface area (Å²) in [6, 6.07) is 4.51. The number of carbonyl (C=O) groups is 1. The van der Waals surface area contributed by atoms with Gasteiger partial charge in [0.2, 0.25) is 0 Å². The Morgan fingerprint density at radius 1 is 1.56 bits per heavy atom. The van der Waals surface area contributed by atoms with Gasteiger partial charge < -0.3 is 20.5 Å². The minimum Gasteiger partial charge on any atom is -0.504 e. The zero-order chi connectivity index (χ0) is 13.7. The van der Waals surface area contributed by atoms with Crippen molar-refractivity contribution in [3.63, 3.8) is 0 Å². The number of phenols is 1. The van der Waals surface area contributed by atoms with Gasteiger partial charge in [-0.15, -0.1) is 0 Å². The monoisotopic (exact) mass is 268 g/mol. The van der Waals surface area contributed by atoms with Crippen molar-refractivity contribution in [3.05, 3.63) is 23.8 Å². The fourth-order valence-electron chi connectivity index (χ4n) is 1.42. The van der Waals surface area contributed by atoms with E-state index < -0.39 is 0 Å². The molecular weight excluding hydrogens is 252 g/mol. The first-order chi connectivity index (χ1) is 8.45. The summed E-state index contributed by atoms with van der Waals surface area (Å²) in [4.78, 5) is 13.9. The average molecular weight is 268 g/mol. The normalized spacial score (nSPS) is 9.89. The second kappa shape index (κ2) is 6.20. The van der Waals surface area contributed by atoms with Gasteiger partial charge in [-0.05, 0) is 18.2 Å². The van der Waals surface area contributed by atoms with Crippen LogP contribution in [0.25, 0.3) is 0 Å². The molecule has 0 aliphatic heterocycles. The SMILES string of the molecule is COc1ccc(C(=O)N(C)CCC(N)=S)cc1O. The molecule has 0 bridgehead atoms. The molecule has 0 atom stereocenters. The number of phenolic OH excluding ortho intramolecular Hbond substituents is 1. The van der Waals surface area contributed by atoms with E-state index in [9.17, 15) is 9.90 Å². The largest absolute Gasteiger partial charge is 0.504 e. The molecule has 18 heavy (non-hydrogen) atoms. The van der Waals surface area contributed by atoms with Gasteiger partial charge >= 0.3 is 0 Å². The average Bonchev–Trinajstić information content (AvgIpc) is 2.34. The molecular formula is C12H16N2O3S. The number of aromatic hydroxyl groups is 1. The Balaban J connectivity index is 2.77. The molecule has 1 aromatic carbocycles. The van der Waals surface area contributed by atoms with Gasteiger partial charge in [-0.1, -0.05) is 12.2 Å². The first-order valence-electron chi connectivity index (χ1n) is 5.36. The van der Waals surface area contributed by atoms with Crippen LogP contribution in [0.5, 0.6) is 11.5 Å². The standard InChI is InChI=1S/C12H16N2O3S/c1-14(6-5-11(13)18)12(16)8-3-4-10(17-2)9(15)7-8/h3-4,7,15H,5-6H2,1-2H3,(H2,13,18). The van der Waals surface area contributed by atoms with E-state index in [1.54, 1.807) is 19.2 Å². The van der Waals surface area contributed by atoms with Gasteiger partial charge in [0.1, 0.15) is 0 Å².